The first kappa shape index (κ1) is 24.0. The van der Waals surface area contributed by atoms with Gasteiger partial charge in [-0.15, -0.1) is 0 Å². The molecule has 2 rings (SSSR count). The predicted octanol–water partition coefficient (Wildman–Crippen LogP) is 4.13. The summed E-state index contributed by atoms with van der Waals surface area (Å²) in [5, 5.41) is 0. The molecular formula is C17H38F2N2O. The molecule has 0 radical (unpaired) electrons. The van der Waals surface area contributed by atoms with E-state index in [0.717, 1.165) is 26.1 Å². The van der Waals surface area contributed by atoms with Crippen molar-refractivity contribution in [1.82, 2.24) is 9.80 Å². The zero-order chi connectivity index (χ0) is 17.6. The molecule has 2 fully saturated rings. The Hall–Kier alpha value is -0.260. The summed E-state index contributed by atoms with van der Waals surface area (Å²) in [7, 11) is 4.01. The van der Waals surface area contributed by atoms with Crippen molar-refractivity contribution in [1.29, 1.82) is 0 Å². The van der Waals surface area contributed by atoms with Crippen LogP contribution >= 0.6 is 0 Å². The zero-order valence-electron chi connectivity index (χ0n) is 15.8. The molecule has 136 valence electrons. The summed E-state index contributed by atoms with van der Waals surface area (Å²) in [5.74, 6) is -2.38. The molecule has 22 heavy (non-hydrogen) atoms. The molecule has 0 amide bonds. The fourth-order valence-electron chi connectivity index (χ4n) is 2.06. The van der Waals surface area contributed by atoms with Crippen LogP contribution in [0.1, 0.15) is 53.9 Å². The van der Waals surface area contributed by atoms with Gasteiger partial charge in [-0.3, -0.25) is 0 Å². The van der Waals surface area contributed by atoms with Gasteiger partial charge in [0.2, 0.25) is 0 Å². The molecule has 3 nitrogen and oxygen atoms in total. The van der Waals surface area contributed by atoms with E-state index in [0.29, 0.717) is 19.2 Å². The number of alkyl halides is 2. The molecule has 0 aromatic heterocycles. The predicted molar refractivity (Wildman–Crippen MR) is 91.9 cm³/mol. The van der Waals surface area contributed by atoms with Gasteiger partial charge in [-0.05, 0) is 20.5 Å². The highest BCUT2D eigenvalue weighted by Crippen LogP contribution is 2.26. The summed E-state index contributed by atoms with van der Waals surface area (Å²) in [4.78, 5) is 4.25. The second-order valence-electron chi connectivity index (χ2n) is 5.32. The van der Waals surface area contributed by atoms with Crippen LogP contribution in [-0.4, -0.2) is 68.7 Å². The molecule has 0 aliphatic carbocycles. The highest BCUT2D eigenvalue weighted by molar-refractivity contribution is 4.75. The number of hydrogen-bond acceptors (Lipinski definition) is 3. The average molecular weight is 324 g/mol. The summed E-state index contributed by atoms with van der Waals surface area (Å²) in [5.41, 5.74) is 0. The smallest absolute Gasteiger partial charge is 0.250 e. The second kappa shape index (κ2) is 14.3. The summed E-state index contributed by atoms with van der Waals surface area (Å²) < 4.78 is 30.2. The number of rotatable bonds is 1. The van der Waals surface area contributed by atoms with Gasteiger partial charge in [0.1, 0.15) is 0 Å². The van der Waals surface area contributed by atoms with Crippen LogP contribution in [0.5, 0.6) is 0 Å². The number of nitrogens with zero attached hydrogens (tertiary/aromatic N) is 2. The van der Waals surface area contributed by atoms with Crippen LogP contribution in [0.3, 0.4) is 0 Å². The van der Waals surface area contributed by atoms with Gasteiger partial charge < -0.3 is 14.5 Å². The van der Waals surface area contributed by atoms with Gasteiger partial charge >= 0.3 is 0 Å². The molecule has 2 aliphatic heterocycles. The van der Waals surface area contributed by atoms with E-state index in [-0.39, 0.29) is 12.8 Å². The first-order valence-electron chi connectivity index (χ1n) is 8.79. The van der Waals surface area contributed by atoms with E-state index in [4.69, 9.17) is 4.74 Å². The fraction of sp³-hybridized carbons (Fsp3) is 1.00. The maximum Gasteiger partial charge on any atom is 0.250 e. The van der Waals surface area contributed by atoms with E-state index in [1.165, 1.54) is 0 Å². The molecule has 0 spiro atoms. The van der Waals surface area contributed by atoms with Crippen LogP contribution in [-0.2, 0) is 4.74 Å². The number of halogens is 2. The molecule has 0 saturated carbocycles. The number of likely N-dealkylation sites (tertiary alicyclic amines) is 1. The number of ether oxygens (including phenoxy) is 1. The monoisotopic (exact) mass is 324 g/mol. The third-order valence-corrected chi connectivity index (χ3v) is 3.52. The lowest BCUT2D eigenvalue weighted by Gasteiger charge is -2.29. The van der Waals surface area contributed by atoms with Crippen molar-refractivity contribution in [3.8, 4) is 0 Å². The quantitative estimate of drug-likeness (QED) is 0.721. The Morgan fingerprint density at radius 2 is 1.45 bits per heavy atom. The molecule has 0 aromatic carbocycles. The topological polar surface area (TPSA) is 15.7 Å². The van der Waals surface area contributed by atoms with Crippen molar-refractivity contribution in [3.63, 3.8) is 0 Å². The van der Waals surface area contributed by atoms with Crippen molar-refractivity contribution in [3.05, 3.63) is 0 Å². The minimum absolute atomic E-state index is 0.0312. The minimum Gasteiger partial charge on any atom is -0.376 e. The molecule has 0 aromatic rings. The van der Waals surface area contributed by atoms with Gasteiger partial charge in [-0.1, -0.05) is 34.6 Å². The van der Waals surface area contributed by atoms with Gasteiger partial charge in [-0.25, -0.2) is 8.78 Å². The maximum absolute atomic E-state index is 12.4. The van der Waals surface area contributed by atoms with Crippen molar-refractivity contribution < 1.29 is 13.5 Å². The number of hydrogen-bond donors (Lipinski definition) is 0. The molecule has 1 unspecified atom stereocenters. The van der Waals surface area contributed by atoms with Gasteiger partial charge in [-0.2, -0.15) is 0 Å². The van der Waals surface area contributed by atoms with Crippen molar-refractivity contribution >= 4 is 0 Å². The third-order valence-electron chi connectivity index (χ3n) is 3.52. The third kappa shape index (κ3) is 12.3. The minimum atomic E-state index is -2.38. The molecule has 0 bridgehead atoms. The lowest BCUT2D eigenvalue weighted by molar-refractivity contribution is -0.0504. The Balaban J connectivity index is 0. The summed E-state index contributed by atoms with van der Waals surface area (Å²) in [6.45, 7) is 14.4. The van der Waals surface area contributed by atoms with Crippen molar-refractivity contribution in [2.45, 2.75) is 65.9 Å². The van der Waals surface area contributed by atoms with Gasteiger partial charge in [0, 0.05) is 39.0 Å². The molecular weight excluding hydrogens is 286 g/mol. The Kier molecular flexibility index (Phi) is 15.6. The zero-order valence-corrected chi connectivity index (χ0v) is 15.8. The Morgan fingerprint density at radius 3 is 1.77 bits per heavy atom. The summed E-state index contributed by atoms with van der Waals surface area (Å²) in [6.07, 6.45) is 1.70. The highest BCUT2D eigenvalue weighted by atomic mass is 19.3. The molecule has 0 N–H and O–H groups in total. The first-order valence-corrected chi connectivity index (χ1v) is 8.79. The number of morpholine rings is 1. The van der Waals surface area contributed by atoms with E-state index in [9.17, 15) is 8.78 Å². The van der Waals surface area contributed by atoms with Gasteiger partial charge in [0.15, 0.2) is 0 Å². The SMILES string of the molecule is CC.CC.CCC1CN(C)CCO1.CN1CCC(F)(F)CC1. The molecule has 2 heterocycles. The van der Waals surface area contributed by atoms with Crippen LogP contribution in [0.15, 0.2) is 0 Å². The highest BCUT2D eigenvalue weighted by Gasteiger charge is 2.32. The fourth-order valence-corrected chi connectivity index (χ4v) is 2.06. The normalized spacial score (nSPS) is 24.7. The van der Waals surface area contributed by atoms with E-state index in [1.807, 2.05) is 39.6 Å². The summed E-state index contributed by atoms with van der Waals surface area (Å²) >= 11 is 0. The largest absolute Gasteiger partial charge is 0.376 e. The summed E-state index contributed by atoms with van der Waals surface area (Å²) in [6, 6.07) is 0. The molecule has 5 heteroatoms. The van der Waals surface area contributed by atoms with E-state index in [2.05, 4.69) is 18.9 Å². The van der Waals surface area contributed by atoms with Gasteiger partial charge in [0.05, 0.1) is 12.7 Å². The molecule has 1 atom stereocenters. The maximum atomic E-state index is 12.4. The molecule has 2 saturated heterocycles. The second-order valence-corrected chi connectivity index (χ2v) is 5.32. The number of piperidine rings is 1. The van der Waals surface area contributed by atoms with Crippen LogP contribution in [0.25, 0.3) is 0 Å². The van der Waals surface area contributed by atoms with Crippen LogP contribution in [0.2, 0.25) is 0 Å². The average Bonchev–Trinajstić information content (AvgIpc) is 2.55. The first-order chi connectivity index (χ1) is 10.4. The Labute approximate surface area is 137 Å². The van der Waals surface area contributed by atoms with Crippen LogP contribution in [0, 0.1) is 0 Å². The van der Waals surface area contributed by atoms with E-state index in [1.54, 1.807) is 0 Å². The van der Waals surface area contributed by atoms with Crippen molar-refractivity contribution in [2.75, 3.05) is 46.9 Å². The van der Waals surface area contributed by atoms with Crippen LogP contribution < -0.4 is 0 Å². The Bertz CT molecular complexity index is 231. The lowest BCUT2D eigenvalue weighted by Crippen LogP contribution is -2.39. The Morgan fingerprint density at radius 1 is 0.955 bits per heavy atom. The van der Waals surface area contributed by atoms with E-state index >= 15 is 0 Å². The lowest BCUT2D eigenvalue weighted by atomic mass is 10.1. The standard InChI is InChI=1S/C7H15NO.C6H11F2N.2C2H6/c1-3-7-6-8(2)4-5-9-7;1-9-4-2-6(7,8)3-5-9;2*1-2/h7H,3-6H2,1-2H3;2-5H2,1H3;2*1-2H3. The van der Waals surface area contributed by atoms with E-state index < -0.39 is 5.92 Å². The number of likely N-dealkylation sites (N-methyl/N-ethyl adjacent to an activating group) is 1. The molecule has 2 aliphatic rings. The van der Waals surface area contributed by atoms with Crippen molar-refractivity contribution in [2.24, 2.45) is 0 Å². The van der Waals surface area contributed by atoms with Crippen LogP contribution in [0.4, 0.5) is 8.78 Å². The van der Waals surface area contributed by atoms with Gasteiger partial charge in [0.25, 0.3) is 5.92 Å².